The lowest BCUT2D eigenvalue weighted by molar-refractivity contribution is 0.185. The summed E-state index contributed by atoms with van der Waals surface area (Å²) in [5, 5.41) is 0.720. The van der Waals surface area contributed by atoms with Crippen LogP contribution >= 0.6 is 27.5 Å². The topological polar surface area (TPSA) is 27.7 Å². The Hall–Kier alpha value is -0.450. The van der Waals surface area contributed by atoms with Crippen molar-refractivity contribution in [3.63, 3.8) is 0 Å². The van der Waals surface area contributed by atoms with Crippen molar-refractivity contribution in [1.82, 2.24) is 0 Å². The normalized spacial score (nSPS) is 24.0. The average molecular weight is 348 g/mol. The van der Waals surface area contributed by atoms with Crippen LogP contribution in [0.2, 0.25) is 5.02 Å². The van der Waals surface area contributed by atoms with Crippen LogP contribution in [0.1, 0.15) is 23.2 Å². The standard InChI is InChI=1S/C14H16BrClO3/c15-14(9-2-5-17-8-9)10-6-12-13(7-11(10)16)19-4-1-3-18-12/h6-7,9,14H,1-5,8H2. The summed E-state index contributed by atoms with van der Waals surface area (Å²) in [7, 11) is 0. The van der Waals surface area contributed by atoms with Gasteiger partial charge in [0, 0.05) is 34.9 Å². The molecule has 0 amide bonds. The second kappa shape index (κ2) is 5.90. The third kappa shape index (κ3) is 2.86. The quantitative estimate of drug-likeness (QED) is 0.758. The lowest BCUT2D eigenvalue weighted by Crippen LogP contribution is -2.08. The fourth-order valence-corrected chi connectivity index (χ4v) is 3.65. The molecule has 1 aromatic carbocycles. The molecule has 0 aliphatic carbocycles. The Morgan fingerprint density at radius 3 is 2.58 bits per heavy atom. The molecule has 2 aliphatic rings. The summed E-state index contributed by atoms with van der Waals surface area (Å²) in [6.07, 6.45) is 1.95. The van der Waals surface area contributed by atoms with Crippen LogP contribution in [-0.2, 0) is 4.74 Å². The molecule has 104 valence electrons. The van der Waals surface area contributed by atoms with Crippen molar-refractivity contribution >= 4 is 27.5 Å². The fraction of sp³-hybridized carbons (Fsp3) is 0.571. The van der Waals surface area contributed by atoms with Crippen molar-refractivity contribution in [2.24, 2.45) is 5.92 Å². The molecule has 0 N–H and O–H groups in total. The second-order valence-corrected chi connectivity index (χ2v) is 6.29. The molecule has 3 nitrogen and oxygen atoms in total. The highest BCUT2D eigenvalue weighted by atomic mass is 79.9. The first kappa shape index (κ1) is 13.5. The molecule has 1 saturated heterocycles. The third-order valence-electron chi connectivity index (χ3n) is 3.54. The molecule has 2 heterocycles. The van der Waals surface area contributed by atoms with Gasteiger partial charge in [0.2, 0.25) is 0 Å². The molecule has 1 aromatic rings. The van der Waals surface area contributed by atoms with Crippen LogP contribution in [0.3, 0.4) is 0 Å². The van der Waals surface area contributed by atoms with Gasteiger partial charge in [0.1, 0.15) is 0 Å². The van der Waals surface area contributed by atoms with Crippen LogP contribution in [0.25, 0.3) is 0 Å². The molecular formula is C14H16BrClO3. The van der Waals surface area contributed by atoms with Crippen molar-refractivity contribution in [3.05, 3.63) is 22.7 Å². The van der Waals surface area contributed by atoms with E-state index in [1.165, 1.54) is 0 Å². The molecule has 1 fully saturated rings. The minimum Gasteiger partial charge on any atom is -0.490 e. The molecule has 0 spiro atoms. The molecule has 3 rings (SSSR count). The maximum Gasteiger partial charge on any atom is 0.162 e. The van der Waals surface area contributed by atoms with E-state index < -0.39 is 0 Å². The van der Waals surface area contributed by atoms with E-state index in [1.54, 1.807) is 0 Å². The van der Waals surface area contributed by atoms with Crippen LogP contribution < -0.4 is 9.47 Å². The van der Waals surface area contributed by atoms with Gasteiger partial charge in [0.25, 0.3) is 0 Å². The molecule has 0 aromatic heterocycles. The lowest BCUT2D eigenvalue weighted by atomic mass is 9.98. The third-order valence-corrected chi connectivity index (χ3v) is 5.11. The number of alkyl halides is 1. The maximum atomic E-state index is 6.38. The number of hydrogen-bond acceptors (Lipinski definition) is 3. The summed E-state index contributed by atoms with van der Waals surface area (Å²) in [5.74, 6) is 2.00. The van der Waals surface area contributed by atoms with Crippen LogP contribution in [0.15, 0.2) is 12.1 Å². The van der Waals surface area contributed by atoms with E-state index >= 15 is 0 Å². The van der Waals surface area contributed by atoms with Crippen molar-refractivity contribution < 1.29 is 14.2 Å². The van der Waals surface area contributed by atoms with Gasteiger partial charge in [-0.25, -0.2) is 0 Å². The van der Waals surface area contributed by atoms with E-state index in [9.17, 15) is 0 Å². The molecular weight excluding hydrogens is 332 g/mol. The first-order valence-corrected chi connectivity index (χ1v) is 7.86. The molecule has 19 heavy (non-hydrogen) atoms. The first-order valence-electron chi connectivity index (χ1n) is 6.56. The molecule has 0 saturated carbocycles. The number of benzene rings is 1. The summed E-state index contributed by atoms with van der Waals surface area (Å²) < 4.78 is 16.8. The zero-order chi connectivity index (χ0) is 13.2. The van der Waals surface area contributed by atoms with E-state index in [4.69, 9.17) is 25.8 Å². The predicted octanol–water partition coefficient (Wildman–Crippen LogP) is 3.97. The first-order chi connectivity index (χ1) is 9.25. The van der Waals surface area contributed by atoms with Crippen LogP contribution in [-0.4, -0.2) is 26.4 Å². The Balaban J connectivity index is 1.90. The van der Waals surface area contributed by atoms with E-state index in [0.29, 0.717) is 19.1 Å². The van der Waals surface area contributed by atoms with Gasteiger partial charge >= 0.3 is 0 Å². The van der Waals surface area contributed by atoms with Crippen LogP contribution in [0, 0.1) is 5.92 Å². The van der Waals surface area contributed by atoms with Gasteiger partial charge in [-0.15, -0.1) is 0 Å². The minimum atomic E-state index is 0.194. The molecule has 2 unspecified atom stereocenters. The number of fused-ring (bicyclic) bond motifs is 1. The fourth-order valence-electron chi connectivity index (χ4n) is 2.45. The summed E-state index contributed by atoms with van der Waals surface area (Å²) >= 11 is 10.1. The van der Waals surface area contributed by atoms with Gasteiger partial charge in [-0.3, -0.25) is 0 Å². The molecule has 0 bridgehead atoms. The van der Waals surface area contributed by atoms with E-state index in [2.05, 4.69) is 15.9 Å². The monoisotopic (exact) mass is 346 g/mol. The van der Waals surface area contributed by atoms with Gasteiger partial charge in [-0.2, -0.15) is 0 Å². The highest BCUT2D eigenvalue weighted by molar-refractivity contribution is 9.09. The van der Waals surface area contributed by atoms with E-state index in [-0.39, 0.29) is 4.83 Å². The Morgan fingerprint density at radius 1 is 1.16 bits per heavy atom. The van der Waals surface area contributed by atoms with Crippen molar-refractivity contribution in [2.75, 3.05) is 26.4 Å². The highest BCUT2D eigenvalue weighted by Crippen LogP contribution is 2.44. The van der Waals surface area contributed by atoms with Gasteiger partial charge in [-0.1, -0.05) is 27.5 Å². The van der Waals surface area contributed by atoms with Crippen molar-refractivity contribution in [2.45, 2.75) is 17.7 Å². The largest absolute Gasteiger partial charge is 0.490 e. The zero-order valence-corrected chi connectivity index (χ0v) is 12.9. The van der Waals surface area contributed by atoms with Gasteiger partial charge in [0.05, 0.1) is 19.8 Å². The van der Waals surface area contributed by atoms with Gasteiger partial charge < -0.3 is 14.2 Å². The average Bonchev–Trinajstić information content (AvgIpc) is 2.84. The van der Waals surface area contributed by atoms with Crippen LogP contribution in [0.5, 0.6) is 11.5 Å². The Bertz CT molecular complexity index is 460. The minimum absolute atomic E-state index is 0.194. The Labute approximate surface area is 126 Å². The number of rotatable bonds is 2. The number of halogens is 2. The summed E-state index contributed by atoms with van der Waals surface area (Å²) in [5.41, 5.74) is 1.06. The maximum absolute atomic E-state index is 6.38. The highest BCUT2D eigenvalue weighted by Gasteiger charge is 2.28. The molecule has 0 radical (unpaired) electrons. The van der Waals surface area contributed by atoms with Crippen LogP contribution in [0.4, 0.5) is 0 Å². The smallest absolute Gasteiger partial charge is 0.162 e. The van der Waals surface area contributed by atoms with Gasteiger partial charge in [0.15, 0.2) is 11.5 Å². The zero-order valence-electron chi connectivity index (χ0n) is 10.5. The number of hydrogen-bond donors (Lipinski definition) is 0. The lowest BCUT2D eigenvalue weighted by Gasteiger charge is -2.19. The summed E-state index contributed by atoms with van der Waals surface area (Å²) in [4.78, 5) is 0.194. The van der Waals surface area contributed by atoms with Crippen molar-refractivity contribution in [3.8, 4) is 11.5 Å². The van der Waals surface area contributed by atoms with Gasteiger partial charge in [-0.05, 0) is 18.1 Å². The van der Waals surface area contributed by atoms with E-state index in [1.807, 2.05) is 12.1 Å². The second-order valence-electron chi connectivity index (χ2n) is 4.90. The summed E-state index contributed by atoms with van der Waals surface area (Å²) in [6.45, 7) is 2.97. The molecule has 2 aliphatic heterocycles. The van der Waals surface area contributed by atoms with Crippen molar-refractivity contribution in [1.29, 1.82) is 0 Å². The Morgan fingerprint density at radius 2 is 1.89 bits per heavy atom. The number of ether oxygens (including phenoxy) is 3. The molecule has 5 heteroatoms. The molecule has 2 atom stereocenters. The predicted molar refractivity (Wildman–Crippen MR) is 77.7 cm³/mol. The summed E-state index contributed by atoms with van der Waals surface area (Å²) in [6, 6.07) is 3.86. The Kier molecular flexibility index (Phi) is 4.20. The van der Waals surface area contributed by atoms with E-state index in [0.717, 1.165) is 48.1 Å². The SMILES string of the molecule is Clc1cc2c(cc1C(Br)C1CCOC1)OCCCO2.